The van der Waals surface area contributed by atoms with Crippen LogP contribution in [0.3, 0.4) is 0 Å². The summed E-state index contributed by atoms with van der Waals surface area (Å²) in [5.74, 6) is 5.54. The standard InChI is InChI=1S/C17H24O2/c1-8-9-17(19)10-12(15(2,3)4)14(18)13(11-17)16(5,6)7/h10-11,19H,1-7H3. The van der Waals surface area contributed by atoms with E-state index in [9.17, 15) is 9.90 Å². The van der Waals surface area contributed by atoms with E-state index in [1.54, 1.807) is 19.1 Å². The molecule has 0 atom stereocenters. The van der Waals surface area contributed by atoms with Crippen molar-refractivity contribution in [3.8, 4) is 11.8 Å². The van der Waals surface area contributed by atoms with Gasteiger partial charge >= 0.3 is 0 Å². The fourth-order valence-corrected chi connectivity index (χ4v) is 2.14. The van der Waals surface area contributed by atoms with Gasteiger partial charge in [0.05, 0.1) is 0 Å². The number of carbonyl (C=O) groups is 1. The Morgan fingerprint density at radius 2 is 1.37 bits per heavy atom. The van der Waals surface area contributed by atoms with Crippen LogP contribution in [-0.2, 0) is 4.79 Å². The predicted octanol–water partition coefficient (Wildman–Crippen LogP) is 3.27. The highest BCUT2D eigenvalue weighted by molar-refractivity contribution is 6.11. The van der Waals surface area contributed by atoms with Gasteiger partial charge in [0.25, 0.3) is 0 Å². The minimum atomic E-state index is -1.34. The highest BCUT2D eigenvalue weighted by Gasteiger charge is 2.39. The Morgan fingerprint density at radius 3 is 1.63 bits per heavy atom. The molecule has 0 saturated carbocycles. The molecule has 1 N–H and O–H groups in total. The zero-order valence-electron chi connectivity index (χ0n) is 13.0. The van der Waals surface area contributed by atoms with Crippen LogP contribution in [0.15, 0.2) is 23.3 Å². The number of aliphatic hydroxyl groups is 1. The topological polar surface area (TPSA) is 37.3 Å². The molecule has 1 aliphatic carbocycles. The molecular formula is C17H24O2. The van der Waals surface area contributed by atoms with Crippen LogP contribution in [0.4, 0.5) is 0 Å². The molecule has 0 fully saturated rings. The molecule has 0 amide bonds. The lowest BCUT2D eigenvalue weighted by molar-refractivity contribution is -0.114. The van der Waals surface area contributed by atoms with E-state index in [0.29, 0.717) is 11.1 Å². The van der Waals surface area contributed by atoms with Gasteiger partial charge in [0, 0.05) is 11.1 Å². The minimum absolute atomic E-state index is 0.0163. The Bertz CT molecular complexity index is 474. The predicted molar refractivity (Wildman–Crippen MR) is 78.5 cm³/mol. The molecule has 2 heteroatoms. The van der Waals surface area contributed by atoms with Gasteiger partial charge in [-0.25, -0.2) is 0 Å². The summed E-state index contributed by atoms with van der Waals surface area (Å²) in [7, 11) is 0. The Balaban J connectivity index is 3.50. The summed E-state index contributed by atoms with van der Waals surface area (Å²) >= 11 is 0. The largest absolute Gasteiger partial charge is 0.370 e. The Labute approximate surface area is 116 Å². The third kappa shape index (κ3) is 3.36. The fourth-order valence-electron chi connectivity index (χ4n) is 2.14. The molecule has 0 aromatic rings. The molecule has 0 saturated heterocycles. The van der Waals surface area contributed by atoms with Crippen molar-refractivity contribution in [2.24, 2.45) is 10.8 Å². The van der Waals surface area contributed by atoms with Gasteiger partial charge < -0.3 is 5.11 Å². The lowest BCUT2D eigenvalue weighted by atomic mass is 9.70. The zero-order chi connectivity index (χ0) is 15.1. The maximum Gasteiger partial charge on any atom is 0.185 e. The van der Waals surface area contributed by atoms with Crippen LogP contribution in [0, 0.1) is 22.7 Å². The first-order valence-electron chi connectivity index (χ1n) is 6.58. The van der Waals surface area contributed by atoms with Crippen molar-refractivity contribution in [2.45, 2.75) is 54.1 Å². The molecule has 19 heavy (non-hydrogen) atoms. The number of allylic oxidation sites excluding steroid dienone is 2. The van der Waals surface area contributed by atoms with E-state index in [1.807, 2.05) is 41.5 Å². The third-order valence-corrected chi connectivity index (χ3v) is 3.16. The van der Waals surface area contributed by atoms with Crippen LogP contribution in [-0.4, -0.2) is 16.5 Å². The number of ketones is 1. The average molecular weight is 260 g/mol. The number of Topliss-reactive ketones (excluding diaryl/α,β-unsaturated/α-hetero) is 1. The molecular weight excluding hydrogens is 236 g/mol. The van der Waals surface area contributed by atoms with Crippen LogP contribution in [0.25, 0.3) is 0 Å². The first-order valence-corrected chi connectivity index (χ1v) is 6.58. The quantitative estimate of drug-likeness (QED) is 0.679. The summed E-state index contributed by atoms with van der Waals surface area (Å²) in [6.45, 7) is 13.5. The van der Waals surface area contributed by atoms with Crippen LogP contribution in [0.1, 0.15) is 48.5 Å². The van der Waals surface area contributed by atoms with Gasteiger partial charge in [-0.1, -0.05) is 47.5 Å². The summed E-state index contributed by atoms with van der Waals surface area (Å²) in [6, 6.07) is 0. The fraction of sp³-hybridized carbons (Fsp3) is 0.588. The van der Waals surface area contributed by atoms with Gasteiger partial charge in [-0.3, -0.25) is 4.79 Å². The van der Waals surface area contributed by atoms with Gasteiger partial charge in [0.2, 0.25) is 0 Å². The molecule has 1 rings (SSSR count). The molecule has 0 aromatic heterocycles. The van der Waals surface area contributed by atoms with E-state index in [2.05, 4.69) is 11.8 Å². The Kier molecular flexibility index (Phi) is 3.85. The molecule has 1 aliphatic rings. The highest BCUT2D eigenvalue weighted by Crippen LogP contribution is 2.39. The molecule has 0 bridgehead atoms. The van der Waals surface area contributed by atoms with Crippen LogP contribution in [0.2, 0.25) is 0 Å². The third-order valence-electron chi connectivity index (χ3n) is 3.16. The molecule has 0 radical (unpaired) electrons. The molecule has 0 heterocycles. The first kappa shape index (κ1) is 15.7. The monoisotopic (exact) mass is 260 g/mol. The van der Waals surface area contributed by atoms with E-state index in [4.69, 9.17) is 0 Å². The summed E-state index contributed by atoms with van der Waals surface area (Å²) < 4.78 is 0. The van der Waals surface area contributed by atoms with Crippen LogP contribution >= 0.6 is 0 Å². The zero-order valence-corrected chi connectivity index (χ0v) is 13.0. The number of rotatable bonds is 0. The molecule has 2 nitrogen and oxygen atoms in total. The molecule has 0 spiro atoms. The van der Waals surface area contributed by atoms with Crippen molar-refractivity contribution in [3.63, 3.8) is 0 Å². The van der Waals surface area contributed by atoms with E-state index in [-0.39, 0.29) is 16.6 Å². The molecule has 0 aromatic carbocycles. The smallest absolute Gasteiger partial charge is 0.185 e. The summed E-state index contributed by atoms with van der Waals surface area (Å²) in [5.41, 5.74) is -0.708. The van der Waals surface area contributed by atoms with E-state index >= 15 is 0 Å². The van der Waals surface area contributed by atoms with Crippen molar-refractivity contribution >= 4 is 5.78 Å². The van der Waals surface area contributed by atoms with E-state index in [1.165, 1.54) is 0 Å². The number of hydrogen-bond acceptors (Lipinski definition) is 2. The van der Waals surface area contributed by atoms with Crippen LogP contribution < -0.4 is 0 Å². The van der Waals surface area contributed by atoms with E-state index < -0.39 is 5.60 Å². The lowest BCUT2D eigenvalue weighted by Gasteiger charge is -2.34. The molecule has 0 unspecified atom stereocenters. The van der Waals surface area contributed by atoms with Gasteiger partial charge in [0.1, 0.15) is 0 Å². The highest BCUT2D eigenvalue weighted by atomic mass is 16.3. The lowest BCUT2D eigenvalue weighted by Crippen LogP contribution is -2.36. The number of hydrogen-bond donors (Lipinski definition) is 1. The van der Waals surface area contributed by atoms with Crippen LogP contribution in [0.5, 0.6) is 0 Å². The maximum absolute atomic E-state index is 12.6. The second-order valence-corrected chi connectivity index (χ2v) is 7.15. The maximum atomic E-state index is 12.6. The van der Waals surface area contributed by atoms with Gasteiger partial charge in [-0.15, -0.1) is 5.92 Å². The second-order valence-electron chi connectivity index (χ2n) is 7.15. The average Bonchev–Trinajstić information content (AvgIpc) is 2.18. The van der Waals surface area contributed by atoms with Gasteiger partial charge in [-0.2, -0.15) is 0 Å². The number of carbonyl (C=O) groups excluding carboxylic acids is 1. The summed E-state index contributed by atoms with van der Waals surface area (Å²) in [4.78, 5) is 12.6. The van der Waals surface area contributed by atoms with Crippen molar-refractivity contribution in [1.29, 1.82) is 0 Å². The molecule has 0 aliphatic heterocycles. The Morgan fingerprint density at radius 1 is 1.00 bits per heavy atom. The van der Waals surface area contributed by atoms with Crippen molar-refractivity contribution in [3.05, 3.63) is 23.3 Å². The Hall–Kier alpha value is -1.33. The first-order chi connectivity index (χ1) is 8.41. The minimum Gasteiger partial charge on any atom is -0.370 e. The summed E-state index contributed by atoms with van der Waals surface area (Å²) in [5, 5.41) is 10.6. The molecule has 104 valence electrons. The van der Waals surface area contributed by atoms with Crippen molar-refractivity contribution in [2.75, 3.05) is 0 Å². The van der Waals surface area contributed by atoms with E-state index in [0.717, 1.165) is 0 Å². The normalized spacial score (nSPS) is 19.3. The second kappa shape index (κ2) is 4.65. The van der Waals surface area contributed by atoms with Crippen molar-refractivity contribution < 1.29 is 9.90 Å². The van der Waals surface area contributed by atoms with Crippen molar-refractivity contribution in [1.82, 2.24) is 0 Å². The van der Waals surface area contributed by atoms with Gasteiger partial charge in [-0.05, 0) is 29.9 Å². The van der Waals surface area contributed by atoms with Gasteiger partial charge in [0.15, 0.2) is 11.4 Å². The SMILES string of the molecule is CC#CC1(O)C=C(C(C)(C)C)C(=O)C(C(C)(C)C)=C1. The summed E-state index contributed by atoms with van der Waals surface area (Å²) in [6.07, 6.45) is 3.20.